The average Bonchev–Trinajstić information content (AvgIpc) is 2.24. The van der Waals surface area contributed by atoms with Gasteiger partial charge in [0.05, 0.1) is 23.7 Å². The Labute approximate surface area is 136 Å². The summed E-state index contributed by atoms with van der Waals surface area (Å²) in [5, 5.41) is 10.9. The molecule has 0 radical (unpaired) electrons. The number of nitrogens with zero attached hydrogens (tertiary/aromatic N) is 2. The molecule has 0 atom stereocenters. The maximum Gasteiger partial charge on any atom is 0.192 e. The minimum atomic E-state index is -1.84. The first-order chi connectivity index (χ1) is 9.37. The monoisotopic (exact) mass is 372 g/mol. The molecule has 2 rings (SSSR count). The number of halogens is 1. The van der Waals surface area contributed by atoms with Crippen molar-refractivity contribution in [2.75, 3.05) is 0 Å². The zero-order chi connectivity index (χ0) is 16.1. The molecule has 118 valence electrons. The van der Waals surface area contributed by atoms with Crippen molar-refractivity contribution < 1.29 is 9.53 Å². The van der Waals surface area contributed by atoms with Crippen molar-refractivity contribution >= 4 is 24.2 Å². The highest BCUT2D eigenvalue weighted by atomic mass is 79.9. The molecule has 0 spiro atoms. The minimum Gasteiger partial charge on any atom is -0.411 e. The molecule has 0 aromatic carbocycles. The van der Waals surface area contributed by atoms with Gasteiger partial charge in [0.2, 0.25) is 0 Å². The van der Waals surface area contributed by atoms with Gasteiger partial charge in [-0.1, -0.05) is 20.8 Å². The van der Waals surface area contributed by atoms with E-state index >= 15 is 0 Å². The molecule has 1 saturated carbocycles. The van der Waals surface area contributed by atoms with Gasteiger partial charge in [0.25, 0.3) is 0 Å². The predicted octanol–water partition coefficient (Wildman–Crippen LogP) is 4.00. The maximum atomic E-state index is 10.7. The van der Waals surface area contributed by atoms with Crippen molar-refractivity contribution in [3.05, 3.63) is 22.7 Å². The summed E-state index contributed by atoms with van der Waals surface area (Å²) in [4.78, 5) is 8.43. The van der Waals surface area contributed by atoms with Gasteiger partial charge in [-0.2, -0.15) is 0 Å². The third-order valence-electron chi connectivity index (χ3n) is 4.74. The van der Waals surface area contributed by atoms with E-state index in [1.165, 1.54) is 0 Å². The second kappa shape index (κ2) is 5.11. The van der Waals surface area contributed by atoms with Gasteiger partial charge in [0.15, 0.2) is 8.32 Å². The highest BCUT2D eigenvalue weighted by Gasteiger charge is 2.57. The van der Waals surface area contributed by atoms with Gasteiger partial charge in [-0.25, -0.2) is 4.98 Å². The van der Waals surface area contributed by atoms with Crippen LogP contribution in [-0.2, 0) is 10.0 Å². The molecule has 0 saturated heterocycles. The van der Waals surface area contributed by atoms with Crippen LogP contribution >= 0.6 is 15.9 Å². The van der Waals surface area contributed by atoms with Crippen LogP contribution < -0.4 is 0 Å². The van der Waals surface area contributed by atoms with Crippen LogP contribution in [0.3, 0.4) is 0 Å². The van der Waals surface area contributed by atoms with Gasteiger partial charge in [-0.05, 0) is 41.0 Å². The fourth-order valence-corrected chi connectivity index (χ4v) is 4.65. The summed E-state index contributed by atoms with van der Waals surface area (Å²) in [5.74, 6) is 0. The zero-order valence-electron chi connectivity index (χ0n) is 13.7. The molecular formula is C15H25BrN2O2Si. The van der Waals surface area contributed by atoms with Crippen LogP contribution in [0, 0.1) is 0 Å². The molecule has 0 bridgehead atoms. The highest BCUT2D eigenvalue weighted by Crippen LogP contribution is 2.52. The van der Waals surface area contributed by atoms with E-state index in [-0.39, 0.29) is 10.6 Å². The topological polar surface area (TPSA) is 55.2 Å². The van der Waals surface area contributed by atoms with Gasteiger partial charge in [-0.15, -0.1) is 0 Å². The van der Waals surface area contributed by atoms with Crippen LogP contribution in [0.4, 0.5) is 0 Å². The molecule has 1 aliphatic rings. The minimum absolute atomic E-state index is 0.168. The quantitative estimate of drug-likeness (QED) is 0.814. The molecule has 0 unspecified atom stereocenters. The number of hydrogen-bond donors (Lipinski definition) is 1. The fraction of sp³-hybridized carbons (Fsp3) is 0.733. The molecule has 1 aromatic rings. The van der Waals surface area contributed by atoms with Crippen molar-refractivity contribution in [2.24, 2.45) is 0 Å². The molecule has 1 aliphatic carbocycles. The molecule has 1 heterocycles. The average molecular weight is 373 g/mol. The molecule has 0 amide bonds. The highest BCUT2D eigenvalue weighted by molar-refractivity contribution is 9.10. The van der Waals surface area contributed by atoms with Crippen LogP contribution in [0.15, 0.2) is 17.0 Å². The smallest absolute Gasteiger partial charge is 0.192 e. The lowest BCUT2D eigenvalue weighted by atomic mass is 9.67. The number of aromatic nitrogens is 2. The standard InChI is InChI=1S/C15H25BrN2O2Si/c1-13(2,3)21(5,6)20-14(4)9-15(19,10-14)11-7-18-12(16)8-17-11/h7-8,19H,9-10H2,1-6H3. The molecule has 1 aromatic heterocycles. The number of aliphatic hydroxyl groups is 1. The lowest BCUT2D eigenvalue weighted by Crippen LogP contribution is -2.60. The summed E-state index contributed by atoms with van der Waals surface area (Å²) in [6, 6.07) is 0. The molecule has 6 heteroatoms. The Kier molecular flexibility index (Phi) is 4.15. The van der Waals surface area contributed by atoms with Gasteiger partial charge < -0.3 is 9.53 Å². The van der Waals surface area contributed by atoms with E-state index in [9.17, 15) is 5.11 Å². The summed E-state index contributed by atoms with van der Waals surface area (Å²) in [7, 11) is -1.84. The van der Waals surface area contributed by atoms with Crippen molar-refractivity contribution in [2.45, 2.75) is 69.9 Å². The van der Waals surface area contributed by atoms with Gasteiger partial charge in [0.1, 0.15) is 10.2 Å². The van der Waals surface area contributed by atoms with E-state index < -0.39 is 13.9 Å². The van der Waals surface area contributed by atoms with E-state index in [0.717, 1.165) is 0 Å². The molecule has 4 nitrogen and oxygen atoms in total. The molecule has 21 heavy (non-hydrogen) atoms. The number of rotatable bonds is 3. The van der Waals surface area contributed by atoms with Crippen LogP contribution in [-0.4, -0.2) is 29.0 Å². The van der Waals surface area contributed by atoms with E-state index in [1.54, 1.807) is 12.4 Å². The van der Waals surface area contributed by atoms with Crippen molar-refractivity contribution in [1.82, 2.24) is 9.97 Å². The summed E-state index contributed by atoms with van der Waals surface area (Å²) in [6.07, 6.45) is 4.40. The van der Waals surface area contributed by atoms with Crippen LogP contribution in [0.5, 0.6) is 0 Å². The van der Waals surface area contributed by atoms with Crippen molar-refractivity contribution in [3.8, 4) is 0 Å². The largest absolute Gasteiger partial charge is 0.411 e. The fourth-order valence-electron chi connectivity index (χ4n) is 2.76. The molecule has 1 fully saturated rings. The Morgan fingerprint density at radius 3 is 2.24 bits per heavy atom. The molecule has 1 N–H and O–H groups in total. The third kappa shape index (κ3) is 3.38. The second-order valence-corrected chi connectivity index (χ2v) is 13.5. The molecular weight excluding hydrogens is 348 g/mol. The first-order valence-corrected chi connectivity index (χ1v) is 11.0. The normalized spacial score (nSPS) is 30.1. The van der Waals surface area contributed by atoms with Gasteiger partial charge in [0, 0.05) is 12.8 Å². The van der Waals surface area contributed by atoms with E-state index in [0.29, 0.717) is 23.1 Å². The zero-order valence-corrected chi connectivity index (χ0v) is 16.3. The van der Waals surface area contributed by atoms with E-state index in [2.05, 4.69) is 66.7 Å². The van der Waals surface area contributed by atoms with Crippen molar-refractivity contribution in [3.63, 3.8) is 0 Å². The summed E-state index contributed by atoms with van der Waals surface area (Å²) in [5.41, 5.74) is -0.556. The summed E-state index contributed by atoms with van der Waals surface area (Å²) in [6.45, 7) is 13.3. The Hall–Kier alpha value is -0.303. The summed E-state index contributed by atoms with van der Waals surface area (Å²) >= 11 is 3.26. The molecule has 0 aliphatic heterocycles. The third-order valence-corrected chi connectivity index (χ3v) is 9.76. The first kappa shape index (κ1) is 17.1. The maximum absolute atomic E-state index is 10.7. The van der Waals surface area contributed by atoms with Gasteiger partial charge in [-0.3, -0.25) is 4.98 Å². The van der Waals surface area contributed by atoms with E-state index in [1.807, 2.05) is 0 Å². The Morgan fingerprint density at radius 1 is 1.24 bits per heavy atom. The van der Waals surface area contributed by atoms with Gasteiger partial charge >= 0.3 is 0 Å². The number of hydrogen-bond acceptors (Lipinski definition) is 4. The predicted molar refractivity (Wildman–Crippen MR) is 89.5 cm³/mol. The summed E-state index contributed by atoms with van der Waals surface area (Å²) < 4.78 is 7.16. The van der Waals surface area contributed by atoms with Crippen molar-refractivity contribution in [1.29, 1.82) is 0 Å². The Morgan fingerprint density at radius 2 is 1.81 bits per heavy atom. The Balaban J connectivity index is 2.09. The first-order valence-electron chi connectivity index (χ1n) is 7.28. The van der Waals surface area contributed by atoms with Crippen LogP contribution in [0.1, 0.15) is 46.2 Å². The lowest BCUT2D eigenvalue weighted by molar-refractivity contribution is -0.170. The lowest BCUT2D eigenvalue weighted by Gasteiger charge is -2.55. The Bertz CT molecular complexity index is 519. The second-order valence-electron chi connectivity index (χ2n) is 7.92. The SMILES string of the molecule is CC1(O[Si](C)(C)C(C)(C)C)CC(O)(c2cnc(Br)cn2)C1. The van der Waals surface area contributed by atoms with Crippen LogP contribution in [0.25, 0.3) is 0 Å². The van der Waals surface area contributed by atoms with Crippen LogP contribution in [0.2, 0.25) is 18.1 Å². The van der Waals surface area contributed by atoms with E-state index in [4.69, 9.17) is 4.43 Å².